The standard InChI is InChI=1S/C15H25NO10/c1-7(18)3-4-10(21)16-11-8(19)5-15(25-2,14(23)24)26-13(11)12(22)9(20)6-17/h8-9,11-13,17,19-20,22H,3-6H2,1-2H3,(H,16,21)(H,23,24)/t8?,9?,11-,12?,13?,15-/m1/s1. The zero-order chi connectivity index (χ0) is 20.1. The average Bonchev–Trinajstić information content (AvgIpc) is 2.59. The number of nitrogens with one attached hydrogen (secondary N) is 1. The van der Waals surface area contributed by atoms with Gasteiger partial charge in [0.05, 0.1) is 18.8 Å². The van der Waals surface area contributed by atoms with Crippen molar-refractivity contribution < 1.29 is 49.4 Å². The Morgan fingerprint density at radius 2 is 1.92 bits per heavy atom. The molecule has 0 radical (unpaired) electrons. The lowest BCUT2D eigenvalue weighted by atomic mass is 9.88. The van der Waals surface area contributed by atoms with Gasteiger partial charge in [-0.05, 0) is 6.92 Å². The Kier molecular flexibility index (Phi) is 8.06. The molecule has 1 amide bonds. The Morgan fingerprint density at radius 1 is 1.31 bits per heavy atom. The van der Waals surface area contributed by atoms with Gasteiger partial charge in [0.1, 0.15) is 24.1 Å². The third-order valence-corrected chi connectivity index (χ3v) is 4.18. The monoisotopic (exact) mass is 379 g/mol. The van der Waals surface area contributed by atoms with Gasteiger partial charge < -0.3 is 45.1 Å². The van der Waals surface area contributed by atoms with Crippen molar-refractivity contribution in [3.05, 3.63) is 0 Å². The van der Waals surface area contributed by atoms with Crippen LogP contribution in [0.4, 0.5) is 0 Å². The van der Waals surface area contributed by atoms with Crippen LogP contribution in [0.5, 0.6) is 0 Å². The van der Waals surface area contributed by atoms with Crippen molar-refractivity contribution in [1.82, 2.24) is 5.32 Å². The van der Waals surface area contributed by atoms with Crippen molar-refractivity contribution in [2.24, 2.45) is 0 Å². The number of carbonyl (C=O) groups is 3. The van der Waals surface area contributed by atoms with Gasteiger partial charge in [-0.3, -0.25) is 4.79 Å². The maximum Gasteiger partial charge on any atom is 0.364 e. The first kappa shape index (κ1) is 22.4. The molecule has 11 nitrogen and oxygen atoms in total. The van der Waals surface area contributed by atoms with E-state index in [1.807, 2.05) is 0 Å². The minimum Gasteiger partial charge on any atom is -0.477 e. The van der Waals surface area contributed by atoms with Gasteiger partial charge in [-0.1, -0.05) is 0 Å². The summed E-state index contributed by atoms with van der Waals surface area (Å²) in [5.74, 6) is -4.74. The first-order valence-corrected chi connectivity index (χ1v) is 7.98. The van der Waals surface area contributed by atoms with E-state index < -0.39 is 61.1 Å². The van der Waals surface area contributed by atoms with Crippen LogP contribution in [0.25, 0.3) is 0 Å². The predicted molar refractivity (Wildman–Crippen MR) is 83.8 cm³/mol. The van der Waals surface area contributed by atoms with Crippen molar-refractivity contribution in [2.75, 3.05) is 13.7 Å². The fraction of sp³-hybridized carbons (Fsp3) is 0.800. The molecule has 1 fully saturated rings. The fourth-order valence-corrected chi connectivity index (χ4v) is 2.65. The van der Waals surface area contributed by atoms with Crippen LogP contribution in [-0.4, -0.2) is 93.2 Å². The van der Waals surface area contributed by atoms with E-state index in [2.05, 4.69) is 5.32 Å². The van der Waals surface area contributed by atoms with E-state index in [-0.39, 0.29) is 18.6 Å². The quantitative estimate of drug-likeness (QED) is 0.243. The molecule has 1 saturated heterocycles. The third-order valence-electron chi connectivity index (χ3n) is 4.18. The maximum absolute atomic E-state index is 12.0. The van der Waals surface area contributed by atoms with E-state index in [4.69, 9.17) is 14.6 Å². The molecule has 0 saturated carbocycles. The Balaban J connectivity index is 3.06. The Labute approximate surface area is 149 Å². The Hall–Kier alpha value is -1.63. The van der Waals surface area contributed by atoms with Gasteiger partial charge >= 0.3 is 5.97 Å². The van der Waals surface area contributed by atoms with E-state index in [9.17, 15) is 34.8 Å². The second-order valence-electron chi connectivity index (χ2n) is 6.15. The number of ether oxygens (including phenoxy) is 2. The minimum atomic E-state index is -2.30. The molecule has 1 heterocycles. The highest BCUT2D eigenvalue weighted by atomic mass is 16.7. The largest absolute Gasteiger partial charge is 0.477 e. The number of aliphatic hydroxyl groups excluding tert-OH is 4. The van der Waals surface area contributed by atoms with Crippen LogP contribution in [0.15, 0.2) is 0 Å². The van der Waals surface area contributed by atoms with Gasteiger partial charge in [0.15, 0.2) is 0 Å². The molecular weight excluding hydrogens is 354 g/mol. The molecule has 0 aromatic rings. The highest BCUT2D eigenvalue weighted by Crippen LogP contribution is 2.33. The van der Waals surface area contributed by atoms with Crippen LogP contribution in [0.2, 0.25) is 0 Å². The molecule has 1 aliphatic heterocycles. The predicted octanol–water partition coefficient (Wildman–Crippen LogP) is -2.87. The van der Waals surface area contributed by atoms with Crippen LogP contribution >= 0.6 is 0 Å². The van der Waals surface area contributed by atoms with E-state index >= 15 is 0 Å². The fourth-order valence-electron chi connectivity index (χ4n) is 2.65. The molecule has 1 aliphatic rings. The summed E-state index contributed by atoms with van der Waals surface area (Å²) in [5.41, 5.74) is 0. The first-order chi connectivity index (χ1) is 12.1. The number of carbonyl (C=O) groups excluding carboxylic acids is 2. The van der Waals surface area contributed by atoms with Crippen molar-refractivity contribution in [2.45, 2.75) is 62.4 Å². The van der Waals surface area contributed by atoms with E-state index in [1.54, 1.807) is 0 Å². The van der Waals surface area contributed by atoms with Gasteiger partial charge in [0.25, 0.3) is 5.79 Å². The summed E-state index contributed by atoms with van der Waals surface area (Å²) in [6, 6.07) is -1.30. The lowest BCUT2D eigenvalue weighted by Gasteiger charge is -2.46. The summed E-state index contributed by atoms with van der Waals surface area (Å²) < 4.78 is 10.1. The van der Waals surface area contributed by atoms with Crippen molar-refractivity contribution >= 4 is 17.7 Å². The molecule has 0 aromatic carbocycles. The molecule has 26 heavy (non-hydrogen) atoms. The van der Waals surface area contributed by atoms with E-state index in [0.29, 0.717) is 0 Å². The zero-order valence-corrected chi connectivity index (χ0v) is 14.5. The number of rotatable bonds is 9. The molecule has 0 aliphatic carbocycles. The molecular formula is C15H25NO10. The molecule has 6 N–H and O–H groups in total. The number of hydrogen-bond donors (Lipinski definition) is 6. The van der Waals surface area contributed by atoms with Gasteiger partial charge in [-0.2, -0.15) is 0 Å². The highest BCUT2D eigenvalue weighted by molar-refractivity contribution is 5.83. The van der Waals surface area contributed by atoms with Crippen molar-refractivity contribution in [1.29, 1.82) is 0 Å². The minimum absolute atomic E-state index is 0.0425. The molecule has 0 spiro atoms. The van der Waals surface area contributed by atoms with E-state index in [0.717, 1.165) is 7.11 Å². The van der Waals surface area contributed by atoms with Gasteiger partial charge in [0.2, 0.25) is 5.91 Å². The van der Waals surface area contributed by atoms with Crippen molar-refractivity contribution in [3.63, 3.8) is 0 Å². The molecule has 1 rings (SSSR count). The van der Waals surface area contributed by atoms with Crippen LogP contribution in [0.3, 0.4) is 0 Å². The lowest BCUT2D eigenvalue weighted by molar-refractivity contribution is -0.303. The third kappa shape index (κ3) is 5.19. The summed E-state index contributed by atoms with van der Waals surface area (Å²) in [6.45, 7) is 0.436. The zero-order valence-electron chi connectivity index (χ0n) is 14.5. The smallest absolute Gasteiger partial charge is 0.364 e. The molecule has 150 valence electrons. The van der Waals surface area contributed by atoms with Crippen LogP contribution in [0.1, 0.15) is 26.2 Å². The Bertz CT molecular complexity index is 527. The van der Waals surface area contributed by atoms with Gasteiger partial charge in [0, 0.05) is 26.4 Å². The number of carboxylic acid groups (broad SMARTS) is 1. The van der Waals surface area contributed by atoms with Crippen molar-refractivity contribution in [3.8, 4) is 0 Å². The topological polar surface area (TPSA) is 183 Å². The van der Waals surface area contributed by atoms with Gasteiger partial charge in [-0.25, -0.2) is 4.79 Å². The summed E-state index contributed by atoms with van der Waals surface area (Å²) in [7, 11) is 1.03. The average molecular weight is 379 g/mol. The molecule has 0 aromatic heterocycles. The molecule has 6 atom stereocenters. The lowest BCUT2D eigenvalue weighted by Crippen LogP contribution is -2.67. The number of aliphatic carboxylic acids is 1. The van der Waals surface area contributed by atoms with Crippen LogP contribution in [-0.2, 0) is 23.9 Å². The maximum atomic E-state index is 12.0. The first-order valence-electron chi connectivity index (χ1n) is 7.98. The number of aliphatic hydroxyl groups is 4. The number of amides is 1. The molecule has 0 bridgehead atoms. The number of carboxylic acids is 1. The number of hydrogen-bond acceptors (Lipinski definition) is 9. The van der Waals surface area contributed by atoms with Crippen LogP contribution < -0.4 is 5.32 Å². The second kappa shape index (κ2) is 9.35. The second-order valence-corrected chi connectivity index (χ2v) is 6.15. The highest BCUT2D eigenvalue weighted by Gasteiger charge is 2.55. The van der Waals surface area contributed by atoms with E-state index in [1.165, 1.54) is 6.92 Å². The summed E-state index contributed by atoms with van der Waals surface area (Å²) >= 11 is 0. The normalized spacial score (nSPS) is 31.1. The summed E-state index contributed by atoms with van der Waals surface area (Å²) in [4.78, 5) is 34.4. The summed E-state index contributed by atoms with van der Waals surface area (Å²) in [5, 5.41) is 50.9. The summed E-state index contributed by atoms with van der Waals surface area (Å²) in [6.07, 6.45) is -7.44. The Morgan fingerprint density at radius 3 is 2.38 bits per heavy atom. The molecule has 11 heteroatoms. The van der Waals surface area contributed by atoms with Gasteiger partial charge in [-0.15, -0.1) is 0 Å². The number of methoxy groups -OCH3 is 1. The molecule has 4 unspecified atom stereocenters. The van der Waals surface area contributed by atoms with Crippen LogP contribution in [0, 0.1) is 0 Å². The SMILES string of the molecule is CO[C@]1(C(=O)O)CC(O)[C@@H](NC(=O)CCC(C)=O)C(C(O)C(O)CO)O1. The number of Topliss-reactive ketones (excluding diaryl/α,β-unsaturated/α-hetero) is 1. The number of ketones is 1.